The molecule has 0 saturated carbocycles. The Morgan fingerprint density at radius 2 is 1.92 bits per heavy atom. The van der Waals surface area contributed by atoms with Crippen molar-refractivity contribution in [3.05, 3.63) is 0 Å². The SMILES string of the molecule is CCOC(=O)C1[S@](=O)CCC[S@]1=O. The minimum Gasteiger partial charge on any atom is -0.464 e. The van der Waals surface area contributed by atoms with Crippen LogP contribution in [0.1, 0.15) is 13.3 Å². The molecule has 0 bridgehead atoms. The van der Waals surface area contributed by atoms with Crippen LogP contribution in [0.2, 0.25) is 0 Å². The summed E-state index contributed by atoms with van der Waals surface area (Å²) in [6.45, 7) is 1.91. The van der Waals surface area contributed by atoms with Crippen LogP contribution in [-0.2, 0) is 31.1 Å². The smallest absolute Gasteiger partial charge is 0.334 e. The van der Waals surface area contributed by atoms with Gasteiger partial charge in [0, 0.05) is 33.1 Å². The summed E-state index contributed by atoms with van der Waals surface area (Å²) in [6, 6.07) is 0. The average molecular weight is 224 g/mol. The minimum atomic E-state index is -1.31. The van der Waals surface area contributed by atoms with E-state index in [1.54, 1.807) is 6.92 Å². The topological polar surface area (TPSA) is 60.4 Å². The monoisotopic (exact) mass is 224 g/mol. The van der Waals surface area contributed by atoms with E-state index in [0.29, 0.717) is 17.9 Å². The van der Waals surface area contributed by atoms with Crippen LogP contribution in [-0.4, -0.2) is 37.1 Å². The second-order valence-electron chi connectivity index (χ2n) is 2.61. The Morgan fingerprint density at radius 3 is 2.38 bits per heavy atom. The lowest BCUT2D eigenvalue weighted by atomic mass is 10.6. The third-order valence-corrected chi connectivity index (χ3v) is 5.66. The van der Waals surface area contributed by atoms with Crippen LogP contribution < -0.4 is 0 Å². The molecule has 1 saturated heterocycles. The number of ether oxygens (including phenoxy) is 1. The van der Waals surface area contributed by atoms with Crippen molar-refractivity contribution in [3.63, 3.8) is 0 Å². The maximum absolute atomic E-state index is 11.3. The van der Waals surface area contributed by atoms with Crippen LogP contribution in [0.25, 0.3) is 0 Å². The van der Waals surface area contributed by atoms with Gasteiger partial charge in [0.1, 0.15) is 0 Å². The Labute approximate surface area is 81.9 Å². The molecule has 13 heavy (non-hydrogen) atoms. The lowest BCUT2D eigenvalue weighted by molar-refractivity contribution is -0.140. The van der Waals surface area contributed by atoms with Crippen molar-refractivity contribution in [1.29, 1.82) is 0 Å². The Balaban J connectivity index is 2.68. The zero-order chi connectivity index (χ0) is 9.84. The van der Waals surface area contributed by atoms with Gasteiger partial charge in [-0.25, -0.2) is 4.79 Å². The molecule has 2 atom stereocenters. The highest BCUT2D eigenvalue weighted by Crippen LogP contribution is 2.14. The Kier molecular flexibility index (Phi) is 4.05. The number of esters is 1. The Hall–Kier alpha value is -0.230. The normalized spacial score (nSPS) is 29.9. The van der Waals surface area contributed by atoms with Gasteiger partial charge in [0.15, 0.2) is 0 Å². The van der Waals surface area contributed by atoms with E-state index >= 15 is 0 Å². The number of hydrogen-bond acceptors (Lipinski definition) is 4. The summed E-state index contributed by atoms with van der Waals surface area (Å²) in [5.74, 6) is 0.323. The van der Waals surface area contributed by atoms with Gasteiger partial charge >= 0.3 is 5.97 Å². The molecule has 0 radical (unpaired) electrons. The summed E-state index contributed by atoms with van der Waals surface area (Å²) >= 11 is 0. The fourth-order valence-electron chi connectivity index (χ4n) is 1.10. The molecule has 0 aromatic carbocycles. The highest BCUT2D eigenvalue weighted by atomic mass is 32.2. The van der Waals surface area contributed by atoms with Crippen molar-refractivity contribution in [1.82, 2.24) is 0 Å². The van der Waals surface area contributed by atoms with Crippen LogP contribution in [0, 0.1) is 0 Å². The van der Waals surface area contributed by atoms with Crippen LogP contribution in [0.3, 0.4) is 0 Å². The molecular weight excluding hydrogens is 212 g/mol. The van der Waals surface area contributed by atoms with Gasteiger partial charge in [-0.2, -0.15) is 0 Å². The summed E-state index contributed by atoms with van der Waals surface area (Å²) in [6.07, 6.45) is 0.662. The van der Waals surface area contributed by atoms with Gasteiger partial charge in [-0.05, 0) is 13.3 Å². The van der Waals surface area contributed by atoms with E-state index in [1.807, 2.05) is 0 Å². The van der Waals surface area contributed by atoms with Crippen LogP contribution >= 0.6 is 0 Å². The molecule has 0 spiro atoms. The summed E-state index contributed by atoms with van der Waals surface area (Å²) in [4.78, 5) is 11.2. The molecule has 1 aliphatic heterocycles. The predicted molar refractivity (Wildman–Crippen MR) is 51.1 cm³/mol. The molecule has 0 aromatic heterocycles. The number of carbonyl (C=O) groups is 1. The van der Waals surface area contributed by atoms with Crippen molar-refractivity contribution in [3.8, 4) is 0 Å². The van der Waals surface area contributed by atoms with E-state index in [2.05, 4.69) is 0 Å². The highest BCUT2D eigenvalue weighted by molar-refractivity contribution is 8.04. The lowest BCUT2D eigenvalue weighted by Gasteiger charge is -2.18. The van der Waals surface area contributed by atoms with Crippen LogP contribution in [0.4, 0.5) is 0 Å². The summed E-state index contributed by atoms with van der Waals surface area (Å²) < 4.78 is 26.5. The fraction of sp³-hybridized carbons (Fsp3) is 0.857. The van der Waals surface area contributed by atoms with Crippen molar-refractivity contribution >= 4 is 27.6 Å². The molecule has 0 N–H and O–H groups in total. The molecule has 1 fully saturated rings. The van der Waals surface area contributed by atoms with Gasteiger partial charge in [0.25, 0.3) is 0 Å². The molecular formula is C7H12O4S2. The molecule has 1 aliphatic rings. The largest absolute Gasteiger partial charge is 0.464 e. The zero-order valence-electron chi connectivity index (χ0n) is 7.36. The van der Waals surface area contributed by atoms with Crippen molar-refractivity contribution < 1.29 is 17.9 Å². The third kappa shape index (κ3) is 2.60. The minimum absolute atomic E-state index is 0.240. The van der Waals surface area contributed by atoms with Gasteiger partial charge in [0.2, 0.25) is 4.58 Å². The Morgan fingerprint density at radius 1 is 1.38 bits per heavy atom. The van der Waals surface area contributed by atoms with E-state index in [0.717, 1.165) is 0 Å². The second-order valence-corrected chi connectivity index (χ2v) is 6.19. The number of hydrogen-bond donors (Lipinski definition) is 0. The van der Waals surface area contributed by atoms with Gasteiger partial charge < -0.3 is 4.74 Å². The molecule has 6 heteroatoms. The fourth-order valence-corrected chi connectivity index (χ4v) is 4.67. The standard InChI is InChI=1S/C7H12O4S2/c1-2-11-6(8)7-12(9)4-3-5-13(7)10/h7H,2-5H2,1H3/t12-,13-/m1/s1. The maximum Gasteiger partial charge on any atom is 0.334 e. The summed E-state index contributed by atoms with van der Waals surface area (Å²) in [5, 5.41) is 0. The first kappa shape index (κ1) is 10.8. The molecule has 0 amide bonds. The average Bonchev–Trinajstić information content (AvgIpc) is 2.04. The van der Waals surface area contributed by atoms with E-state index in [1.165, 1.54) is 0 Å². The predicted octanol–water partition coefficient (Wildman–Crippen LogP) is -0.223. The molecule has 0 aromatic rings. The van der Waals surface area contributed by atoms with Crippen LogP contribution in [0.15, 0.2) is 0 Å². The van der Waals surface area contributed by atoms with E-state index in [4.69, 9.17) is 4.74 Å². The number of carbonyl (C=O) groups excluding carboxylic acids is 1. The molecule has 0 unspecified atom stereocenters. The van der Waals surface area contributed by atoms with Gasteiger partial charge in [-0.3, -0.25) is 8.42 Å². The summed E-state index contributed by atoms with van der Waals surface area (Å²) in [7, 11) is -2.63. The highest BCUT2D eigenvalue weighted by Gasteiger charge is 2.35. The molecule has 1 heterocycles. The molecule has 4 nitrogen and oxygen atoms in total. The maximum atomic E-state index is 11.3. The molecule has 1 rings (SSSR count). The van der Waals surface area contributed by atoms with E-state index in [9.17, 15) is 13.2 Å². The Bertz CT molecular complexity index is 235. The summed E-state index contributed by atoms with van der Waals surface area (Å²) in [5.41, 5.74) is 0. The van der Waals surface area contributed by atoms with Crippen molar-refractivity contribution in [2.24, 2.45) is 0 Å². The van der Waals surface area contributed by atoms with Crippen molar-refractivity contribution in [2.75, 3.05) is 18.1 Å². The van der Waals surface area contributed by atoms with E-state index < -0.39 is 32.2 Å². The second kappa shape index (κ2) is 4.85. The third-order valence-electron chi connectivity index (χ3n) is 1.65. The first-order chi connectivity index (χ1) is 6.16. The first-order valence-corrected chi connectivity index (χ1v) is 6.84. The molecule has 76 valence electrons. The first-order valence-electron chi connectivity index (χ1n) is 4.07. The lowest BCUT2D eigenvalue weighted by Crippen LogP contribution is -2.38. The number of rotatable bonds is 2. The molecule has 0 aliphatic carbocycles. The zero-order valence-corrected chi connectivity index (χ0v) is 8.99. The van der Waals surface area contributed by atoms with Gasteiger partial charge in [0.05, 0.1) is 6.61 Å². The van der Waals surface area contributed by atoms with Crippen molar-refractivity contribution in [2.45, 2.75) is 17.9 Å². The van der Waals surface area contributed by atoms with Gasteiger partial charge in [-0.1, -0.05) is 0 Å². The van der Waals surface area contributed by atoms with E-state index in [-0.39, 0.29) is 6.61 Å². The van der Waals surface area contributed by atoms with Gasteiger partial charge in [-0.15, -0.1) is 0 Å². The van der Waals surface area contributed by atoms with Crippen LogP contribution in [0.5, 0.6) is 0 Å². The quantitative estimate of drug-likeness (QED) is 0.608.